The van der Waals surface area contributed by atoms with Gasteiger partial charge in [0.15, 0.2) is 0 Å². The molecule has 4 nitrogen and oxygen atoms in total. The average molecular weight is 297 g/mol. The highest BCUT2D eigenvalue weighted by atomic mass is 35.5. The number of nitrogens with two attached hydrogens (primary N) is 1. The number of hydrogen-bond acceptors (Lipinski definition) is 3. The Morgan fingerprint density at radius 2 is 1.88 bits per heavy atom. The van der Waals surface area contributed by atoms with E-state index in [-0.39, 0.29) is 9.92 Å². The van der Waals surface area contributed by atoms with Crippen molar-refractivity contribution in [3.63, 3.8) is 0 Å². The Labute approximate surface area is 111 Å². The van der Waals surface area contributed by atoms with Crippen molar-refractivity contribution in [1.82, 2.24) is 4.72 Å². The zero-order valence-corrected chi connectivity index (χ0v) is 11.4. The van der Waals surface area contributed by atoms with Crippen molar-refractivity contribution in [2.75, 3.05) is 13.1 Å². The van der Waals surface area contributed by atoms with Crippen LogP contribution in [0.2, 0.25) is 10.0 Å². The van der Waals surface area contributed by atoms with Crippen molar-refractivity contribution in [2.24, 2.45) is 5.73 Å². The summed E-state index contributed by atoms with van der Waals surface area (Å²) in [6.07, 6.45) is 1.49. The van der Waals surface area contributed by atoms with Crippen LogP contribution in [0.15, 0.2) is 23.1 Å². The van der Waals surface area contributed by atoms with Crippen LogP contribution in [-0.2, 0) is 10.0 Å². The van der Waals surface area contributed by atoms with Gasteiger partial charge in [0.25, 0.3) is 0 Å². The Balaban J connectivity index is 2.72. The lowest BCUT2D eigenvalue weighted by atomic mass is 10.3. The molecule has 0 amide bonds. The summed E-state index contributed by atoms with van der Waals surface area (Å²) >= 11 is 11.5. The molecule has 0 spiro atoms. The molecule has 0 radical (unpaired) electrons. The largest absolute Gasteiger partial charge is 0.330 e. The fraction of sp³-hybridized carbons (Fsp3) is 0.400. The highest BCUT2D eigenvalue weighted by Gasteiger charge is 2.14. The van der Waals surface area contributed by atoms with Crippen LogP contribution in [0.4, 0.5) is 0 Å². The summed E-state index contributed by atoms with van der Waals surface area (Å²) < 4.78 is 26.1. The maximum absolute atomic E-state index is 11.8. The van der Waals surface area contributed by atoms with Crippen LogP contribution in [0.1, 0.15) is 12.8 Å². The molecule has 1 aromatic rings. The van der Waals surface area contributed by atoms with E-state index < -0.39 is 10.0 Å². The molecule has 7 heteroatoms. The number of sulfonamides is 1. The van der Waals surface area contributed by atoms with Gasteiger partial charge in [0.1, 0.15) is 0 Å². The van der Waals surface area contributed by atoms with E-state index >= 15 is 0 Å². The predicted molar refractivity (Wildman–Crippen MR) is 69.9 cm³/mol. The molecule has 3 N–H and O–H groups in total. The van der Waals surface area contributed by atoms with E-state index in [0.717, 1.165) is 6.42 Å². The minimum atomic E-state index is -3.51. The first-order valence-electron chi connectivity index (χ1n) is 5.12. The number of hydrogen-bond donors (Lipinski definition) is 2. The van der Waals surface area contributed by atoms with Crippen LogP contribution in [0, 0.1) is 0 Å². The lowest BCUT2D eigenvalue weighted by Crippen LogP contribution is -2.25. The smallest absolute Gasteiger partial charge is 0.240 e. The Hall–Kier alpha value is -0.330. The van der Waals surface area contributed by atoms with Crippen molar-refractivity contribution in [3.05, 3.63) is 28.2 Å². The number of halogens is 2. The molecule has 1 rings (SSSR count). The van der Waals surface area contributed by atoms with E-state index in [0.29, 0.717) is 24.5 Å². The first kappa shape index (κ1) is 14.7. The minimum Gasteiger partial charge on any atom is -0.330 e. The molecule has 0 atom stereocenters. The normalized spacial score (nSPS) is 11.7. The lowest BCUT2D eigenvalue weighted by Gasteiger charge is -2.07. The predicted octanol–water partition coefficient (Wildman–Crippen LogP) is 2.01. The fourth-order valence-electron chi connectivity index (χ4n) is 1.20. The summed E-state index contributed by atoms with van der Waals surface area (Å²) in [5.41, 5.74) is 5.32. The van der Waals surface area contributed by atoms with E-state index in [1.165, 1.54) is 18.2 Å². The average Bonchev–Trinajstić information content (AvgIpc) is 2.28. The van der Waals surface area contributed by atoms with Crippen molar-refractivity contribution in [2.45, 2.75) is 17.7 Å². The molecule has 0 fully saturated rings. The van der Waals surface area contributed by atoms with Crippen LogP contribution in [0.3, 0.4) is 0 Å². The van der Waals surface area contributed by atoms with Gasteiger partial charge >= 0.3 is 0 Å². The summed E-state index contributed by atoms with van der Waals surface area (Å²) in [6, 6.07) is 4.20. The van der Waals surface area contributed by atoms with Gasteiger partial charge in [0, 0.05) is 6.54 Å². The third kappa shape index (κ3) is 4.44. The first-order valence-corrected chi connectivity index (χ1v) is 7.36. The molecule has 0 aliphatic carbocycles. The van der Waals surface area contributed by atoms with Gasteiger partial charge in [-0.05, 0) is 37.6 Å². The van der Waals surface area contributed by atoms with E-state index in [9.17, 15) is 8.42 Å². The summed E-state index contributed by atoms with van der Waals surface area (Å²) in [5.74, 6) is 0. The quantitative estimate of drug-likeness (QED) is 0.789. The van der Waals surface area contributed by atoms with Gasteiger partial charge in [-0.3, -0.25) is 0 Å². The van der Waals surface area contributed by atoms with E-state index in [1.807, 2.05) is 0 Å². The molecule has 0 bridgehead atoms. The van der Waals surface area contributed by atoms with Crippen LogP contribution in [0.5, 0.6) is 0 Å². The lowest BCUT2D eigenvalue weighted by molar-refractivity contribution is 0.577. The van der Waals surface area contributed by atoms with Crippen molar-refractivity contribution in [1.29, 1.82) is 0 Å². The van der Waals surface area contributed by atoms with Crippen molar-refractivity contribution in [3.8, 4) is 0 Å². The molecular formula is C10H14Cl2N2O2S. The molecule has 0 aliphatic heterocycles. The maximum atomic E-state index is 11.8. The Morgan fingerprint density at radius 3 is 2.47 bits per heavy atom. The maximum Gasteiger partial charge on any atom is 0.240 e. The second kappa shape index (κ2) is 6.56. The topological polar surface area (TPSA) is 72.2 Å². The molecule has 17 heavy (non-hydrogen) atoms. The second-order valence-corrected chi connectivity index (χ2v) is 6.05. The van der Waals surface area contributed by atoms with Gasteiger partial charge in [-0.15, -0.1) is 0 Å². The molecule has 0 heterocycles. The molecule has 0 saturated heterocycles. The van der Waals surface area contributed by atoms with Gasteiger partial charge in [-0.1, -0.05) is 23.2 Å². The third-order valence-electron chi connectivity index (χ3n) is 2.12. The molecule has 1 aromatic carbocycles. The Bertz CT molecular complexity index is 477. The monoisotopic (exact) mass is 296 g/mol. The molecule has 96 valence electrons. The zero-order valence-electron chi connectivity index (χ0n) is 9.12. The minimum absolute atomic E-state index is 0.111. The standard InChI is InChI=1S/C10H14Cl2N2O2S/c11-9-4-3-8(7-10(9)12)17(15,16)14-6-2-1-5-13/h3-4,7,14H,1-2,5-6,13H2. The summed E-state index contributed by atoms with van der Waals surface area (Å²) in [7, 11) is -3.51. The highest BCUT2D eigenvalue weighted by molar-refractivity contribution is 7.89. The van der Waals surface area contributed by atoms with E-state index in [4.69, 9.17) is 28.9 Å². The summed E-state index contributed by atoms with van der Waals surface area (Å²) in [4.78, 5) is 0.111. The van der Waals surface area contributed by atoms with E-state index in [2.05, 4.69) is 4.72 Å². The van der Waals surface area contributed by atoms with Crippen LogP contribution in [-0.4, -0.2) is 21.5 Å². The SMILES string of the molecule is NCCCCNS(=O)(=O)c1ccc(Cl)c(Cl)c1. The highest BCUT2D eigenvalue weighted by Crippen LogP contribution is 2.24. The zero-order chi connectivity index (χ0) is 12.9. The Morgan fingerprint density at radius 1 is 1.18 bits per heavy atom. The Kier molecular flexibility index (Phi) is 5.69. The third-order valence-corrected chi connectivity index (χ3v) is 4.32. The van der Waals surface area contributed by atoms with Gasteiger partial charge in [0.05, 0.1) is 14.9 Å². The van der Waals surface area contributed by atoms with Crippen LogP contribution in [0.25, 0.3) is 0 Å². The van der Waals surface area contributed by atoms with Gasteiger partial charge in [-0.2, -0.15) is 0 Å². The first-order chi connectivity index (χ1) is 7.97. The molecule has 0 aliphatic rings. The number of benzene rings is 1. The molecule has 0 aromatic heterocycles. The summed E-state index contributed by atoms with van der Waals surface area (Å²) in [5, 5.41) is 0.547. The molecular weight excluding hydrogens is 283 g/mol. The second-order valence-electron chi connectivity index (χ2n) is 3.47. The van der Waals surface area contributed by atoms with Crippen LogP contribution >= 0.6 is 23.2 Å². The number of unbranched alkanes of at least 4 members (excludes halogenated alkanes) is 1. The van der Waals surface area contributed by atoms with Gasteiger partial charge < -0.3 is 5.73 Å². The van der Waals surface area contributed by atoms with Crippen LogP contribution < -0.4 is 10.5 Å². The summed E-state index contributed by atoms with van der Waals surface area (Å²) in [6.45, 7) is 0.911. The number of nitrogens with one attached hydrogen (secondary N) is 1. The van der Waals surface area contributed by atoms with Crippen molar-refractivity contribution < 1.29 is 8.42 Å². The van der Waals surface area contributed by atoms with Gasteiger partial charge in [0.2, 0.25) is 10.0 Å². The molecule has 0 saturated carbocycles. The fourth-order valence-corrected chi connectivity index (χ4v) is 2.67. The number of rotatable bonds is 6. The molecule has 0 unspecified atom stereocenters. The van der Waals surface area contributed by atoms with Crippen molar-refractivity contribution >= 4 is 33.2 Å². The van der Waals surface area contributed by atoms with E-state index in [1.54, 1.807) is 0 Å². The van der Waals surface area contributed by atoms with Gasteiger partial charge in [-0.25, -0.2) is 13.1 Å².